The zero-order chi connectivity index (χ0) is 12.5. The van der Waals surface area contributed by atoms with Crippen LogP contribution in [0.5, 0.6) is 0 Å². The van der Waals surface area contributed by atoms with Gasteiger partial charge in [0.05, 0.1) is 18.3 Å². The first-order chi connectivity index (χ1) is 8.74. The van der Waals surface area contributed by atoms with Crippen molar-refractivity contribution in [2.24, 2.45) is 0 Å². The molecular weight excluding hydrogens is 228 g/mol. The van der Waals surface area contributed by atoms with Gasteiger partial charge in [0.1, 0.15) is 5.65 Å². The predicted molar refractivity (Wildman–Crippen MR) is 68.1 cm³/mol. The lowest BCUT2D eigenvalue weighted by Gasteiger charge is -2.30. The number of rotatable bonds is 2. The van der Waals surface area contributed by atoms with Crippen LogP contribution in [-0.4, -0.2) is 39.3 Å². The van der Waals surface area contributed by atoms with E-state index in [9.17, 15) is 4.79 Å². The second-order valence-corrected chi connectivity index (χ2v) is 4.63. The van der Waals surface area contributed by atoms with Crippen LogP contribution >= 0.6 is 0 Å². The first-order valence-corrected chi connectivity index (χ1v) is 6.19. The monoisotopic (exact) mass is 244 g/mol. The highest BCUT2D eigenvalue weighted by atomic mass is 16.2. The highest BCUT2D eigenvalue weighted by molar-refractivity contribution is 5.82. The summed E-state index contributed by atoms with van der Waals surface area (Å²) in [5.41, 5.74) is 1.85. The molecule has 1 fully saturated rings. The molecule has 3 heterocycles. The van der Waals surface area contributed by atoms with E-state index in [-0.39, 0.29) is 11.9 Å². The van der Waals surface area contributed by atoms with Crippen molar-refractivity contribution in [1.82, 2.24) is 19.6 Å². The number of carbonyl (C=O) groups is 1. The van der Waals surface area contributed by atoms with E-state index in [0.717, 1.165) is 24.4 Å². The summed E-state index contributed by atoms with van der Waals surface area (Å²) in [6.07, 6.45) is 3.95. The molecule has 0 bridgehead atoms. The summed E-state index contributed by atoms with van der Waals surface area (Å²) in [7, 11) is 0. The molecule has 0 radical (unpaired) electrons. The number of piperazine rings is 1. The summed E-state index contributed by atoms with van der Waals surface area (Å²) < 4.78 is 1.98. The minimum atomic E-state index is -0.0872. The van der Waals surface area contributed by atoms with Crippen molar-refractivity contribution in [1.29, 1.82) is 0 Å². The van der Waals surface area contributed by atoms with E-state index in [0.29, 0.717) is 6.54 Å². The lowest BCUT2D eigenvalue weighted by molar-refractivity contribution is -0.135. The van der Waals surface area contributed by atoms with Crippen molar-refractivity contribution in [3.63, 3.8) is 0 Å². The number of nitrogens with zero attached hydrogens (tertiary/aromatic N) is 3. The Bertz CT molecular complexity index is 544. The first-order valence-electron chi connectivity index (χ1n) is 6.19. The van der Waals surface area contributed by atoms with Gasteiger partial charge in [-0.3, -0.25) is 4.79 Å². The number of carbonyl (C=O) groups excluding carboxylic acids is 1. The minimum Gasteiger partial charge on any atom is -0.334 e. The molecule has 0 saturated carbocycles. The molecule has 5 heteroatoms. The third kappa shape index (κ3) is 1.97. The third-order valence-corrected chi connectivity index (χ3v) is 3.28. The van der Waals surface area contributed by atoms with Gasteiger partial charge in [-0.25, -0.2) is 4.98 Å². The number of aromatic nitrogens is 2. The molecule has 0 spiro atoms. The van der Waals surface area contributed by atoms with Crippen LogP contribution in [0.3, 0.4) is 0 Å². The van der Waals surface area contributed by atoms with Crippen molar-refractivity contribution in [3.05, 3.63) is 36.3 Å². The Morgan fingerprint density at radius 1 is 1.50 bits per heavy atom. The minimum absolute atomic E-state index is 0.0872. The van der Waals surface area contributed by atoms with Crippen molar-refractivity contribution in [2.45, 2.75) is 19.5 Å². The highest BCUT2D eigenvalue weighted by Crippen LogP contribution is 2.10. The van der Waals surface area contributed by atoms with Crippen LogP contribution in [0.1, 0.15) is 12.6 Å². The molecule has 5 nitrogen and oxygen atoms in total. The second-order valence-electron chi connectivity index (χ2n) is 4.63. The van der Waals surface area contributed by atoms with E-state index >= 15 is 0 Å². The highest BCUT2D eigenvalue weighted by Gasteiger charge is 2.24. The maximum Gasteiger partial charge on any atom is 0.239 e. The van der Waals surface area contributed by atoms with Crippen molar-refractivity contribution in [3.8, 4) is 0 Å². The van der Waals surface area contributed by atoms with Crippen molar-refractivity contribution in [2.75, 3.05) is 13.1 Å². The lowest BCUT2D eigenvalue weighted by Crippen LogP contribution is -2.53. The molecule has 1 aliphatic heterocycles. The zero-order valence-electron chi connectivity index (χ0n) is 10.3. The summed E-state index contributed by atoms with van der Waals surface area (Å²) in [6, 6.07) is 5.81. The fourth-order valence-corrected chi connectivity index (χ4v) is 2.30. The van der Waals surface area contributed by atoms with E-state index in [1.54, 1.807) is 0 Å². The van der Waals surface area contributed by atoms with Gasteiger partial charge in [0.2, 0.25) is 5.91 Å². The maximum absolute atomic E-state index is 12.0. The third-order valence-electron chi connectivity index (χ3n) is 3.28. The van der Waals surface area contributed by atoms with Gasteiger partial charge in [0, 0.05) is 25.5 Å². The average Bonchev–Trinajstić information content (AvgIpc) is 2.77. The molecule has 94 valence electrons. The van der Waals surface area contributed by atoms with Gasteiger partial charge in [-0.05, 0) is 19.1 Å². The number of amides is 1. The number of imidazole rings is 1. The van der Waals surface area contributed by atoms with Crippen LogP contribution < -0.4 is 5.32 Å². The van der Waals surface area contributed by atoms with Gasteiger partial charge in [0.25, 0.3) is 0 Å². The summed E-state index contributed by atoms with van der Waals surface area (Å²) in [6.45, 7) is 4.09. The molecule has 1 saturated heterocycles. The summed E-state index contributed by atoms with van der Waals surface area (Å²) >= 11 is 0. The Kier molecular flexibility index (Phi) is 2.76. The zero-order valence-corrected chi connectivity index (χ0v) is 10.3. The van der Waals surface area contributed by atoms with Gasteiger partial charge < -0.3 is 14.6 Å². The van der Waals surface area contributed by atoms with Crippen LogP contribution in [0, 0.1) is 0 Å². The van der Waals surface area contributed by atoms with Crippen LogP contribution in [0.2, 0.25) is 0 Å². The number of fused-ring (bicyclic) bond motifs is 1. The molecule has 3 rings (SSSR count). The number of nitrogens with one attached hydrogen (secondary N) is 1. The number of hydrogen-bond donors (Lipinski definition) is 1. The molecule has 1 aliphatic rings. The Hall–Kier alpha value is -1.88. The molecule has 18 heavy (non-hydrogen) atoms. The Labute approximate surface area is 105 Å². The summed E-state index contributed by atoms with van der Waals surface area (Å²) in [4.78, 5) is 18.4. The molecule has 1 amide bonds. The predicted octanol–water partition coefficient (Wildman–Crippen LogP) is 0.655. The second kappa shape index (κ2) is 4.42. The number of pyridine rings is 1. The SMILES string of the molecule is CC1NCCN(Cc2cn3ccccc3n2)C1=O. The van der Waals surface area contributed by atoms with E-state index in [1.807, 2.05) is 46.8 Å². The Morgan fingerprint density at radius 3 is 3.22 bits per heavy atom. The topological polar surface area (TPSA) is 49.6 Å². The molecular formula is C13H16N4O. The van der Waals surface area contributed by atoms with E-state index in [1.165, 1.54) is 0 Å². The van der Waals surface area contributed by atoms with E-state index in [2.05, 4.69) is 10.3 Å². The summed E-state index contributed by atoms with van der Waals surface area (Å²) in [5.74, 6) is 0.151. The lowest BCUT2D eigenvalue weighted by atomic mass is 10.2. The fourth-order valence-electron chi connectivity index (χ4n) is 2.30. The van der Waals surface area contributed by atoms with Crippen molar-refractivity contribution < 1.29 is 4.79 Å². The Balaban J connectivity index is 1.81. The average molecular weight is 244 g/mol. The van der Waals surface area contributed by atoms with Gasteiger partial charge in [-0.1, -0.05) is 6.07 Å². The molecule has 0 aromatic carbocycles. The van der Waals surface area contributed by atoms with Crippen LogP contribution in [0.25, 0.3) is 5.65 Å². The van der Waals surface area contributed by atoms with Gasteiger partial charge in [-0.15, -0.1) is 0 Å². The molecule has 1 N–H and O–H groups in total. The first kappa shape index (κ1) is 11.2. The smallest absolute Gasteiger partial charge is 0.239 e. The fraction of sp³-hybridized carbons (Fsp3) is 0.385. The molecule has 2 aromatic rings. The van der Waals surface area contributed by atoms with Gasteiger partial charge >= 0.3 is 0 Å². The largest absolute Gasteiger partial charge is 0.334 e. The molecule has 0 aliphatic carbocycles. The van der Waals surface area contributed by atoms with E-state index < -0.39 is 0 Å². The summed E-state index contributed by atoms with van der Waals surface area (Å²) in [5, 5.41) is 3.16. The quantitative estimate of drug-likeness (QED) is 0.844. The standard InChI is InChI=1S/C13H16N4O/c1-10-13(18)17(7-5-14-10)9-11-8-16-6-3-2-4-12(16)15-11/h2-4,6,8,10,14H,5,7,9H2,1H3. The van der Waals surface area contributed by atoms with Crippen LogP contribution in [-0.2, 0) is 11.3 Å². The van der Waals surface area contributed by atoms with Crippen molar-refractivity contribution >= 4 is 11.6 Å². The van der Waals surface area contributed by atoms with Gasteiger partial charge in [0.15, 0.2) is 0 Å². The normalized spacial score (nSPS) is 20.6. The van der Waals surface area contributed by atoms with Gasteiger partial charge in [-0.2, -0.15) is 0 Å². The molecule has 1 unspecified atom stereocenters. The molecule has 1 atom stereocenters. The maximum atomic E-state index is 12.0. The number of hydrogen-bond acceptors (Lipinski definition) is 3. The van der Waals surface area contributed by atoms with Crippen LogP contribution in [0.15, 0.2) is 30.6 Å². The van der Waals surface area contributed by atoms with Crippen LogP contribution in [0.4, 0.5) is 0 Å². The Morgan fingerprint density at radius 2 is 2.39 bits per heavy atom. The molecule has 2 aromatic heterocycles. The van der Waals surface area contributed by atoms with E-state index in [4.69, 9.17) is 0 Å².